The van der Waals surface area contributed by atoms with Crippen LogP contribution in [0.25, 0.3) is 16.8 Å². The number of aromatic nitrogens is 2. The van der Waals surface area contributed by atoms with Crippen LogP contribution in [0.4, 0.5) is 5.69 Å². The van der Waals surface area contributed by atoms with E-state index in [4.69, 9.17) is 4.74 Å². The first-order valence-corrected chi connectivity index (χ1v) is 10.8. The van der Waals surface area contributed by atoms with Gasteiger partial charge in [0, 0.05) is 18.5 Å². The summed E-state index contributed by atoms with van der Waals surface area (Å²) in [5, 5.41) is 13.3. The molecule has 172 valence electrons. The van der Waals surface area contributed by atoms with E-state index in [2.05, 4.69) is 10.3 Å². The molecule has 34 heavy (non-hydrogen) atoms. The number of carbonyl (C=O) groups is 2. The van der Waals surface area contributed by atoms with Gasteiger partial charge >= 0.3 is 5.97 Å². The summed E-state index contributed by atoms with van der Waals surface area (Å²) >= 11 is 0. The van der Waals surface area contributed by atoms with Gasteiger partial charge in [0.15, 0.2) is 0 Å². The van der Waals surface area contributed by atoms with E-state index in [1.54, 1.807) is 62.3 Å². The molecule has 3 aromatic carbocycles. The summed E-state index contributed by atoms with van der Waals surface area (Å²) in [5.41, 5.74) is 2.30. The number of imidazole rings is 1. The molecule has 0 spiro atoms. The standard InChI is InChI=1S/C27H25N3O4/c1-27(2,3)34-26(33)21-11-9-19(18-7-5-4-6-8-18)15-23(21)29-25(32)22-12-10-20(16-24(22)31)30-14-13-28-17-30/h4-17,31H,1-3H3,(H,29,32). The maximum absolute atomic E-state index is 13.1. The van der Waals surface area contributed by atoms with Gasteiger partial charge in [-0.2, -0.15) is 0 Å². The summed E-state index contributed by atoms with van der Waals surface area (Å²) < 4.78 is 7.24. The molecular formula is C27H25N3O4. The van der Waals surface area contributed by atoms with Gasteiger partial charge in [-0.1, -0.05) is 36.4 Å². The predicted octanol–water partition coefficient (Wildman–Crippen LogP) is 5.45. The Morgan fingerprint density at radius 3 is 2.32 bits per heavy atom. The molecule has 4 aromatic rings. The monoisotopic (exact) mass is 455 g/mol. The zero-order chi connectivity index (χ0) is 24.3. The topological polar surface area (TPSA) is 93.5 Å². The fraction of sp³-hybridized carbons (Fsp3) is 0.148. The SMILES string of the molecule is CC(C)(C)OC(=O)c1ccc(-c2ccccc2)cc1NC(=O)c1ccc(-n2ccnc2)cc1O. The lowest BCUT2D eigenvalue weighted by Crippen LogP contribution is -2.25. The zero-order valence-corrected chi connectivity index (χ0v) is 19.1. The van der Waals surface area contributed by atoms with Crippen molar-refractivity contribution in [1.29, 1.82) is 0 Å². The fourth-order valence-corrected chi connectivity index (χ4v) is 3.44. The number of rotatable bonds is 5. The van der Waals surface area contributed by atoms with Crippen molar-refractivity contribution in [1.82, 2.24) is 9.55 Å². The third-order valence-electron chi connectivity index (χ3n) is 5.02. The number of nitrogens with one attached hydrogen (secondary N) is 1. The lowest BCUT2D eigenvalue weighted by atomic mass is 10.0. The number of phenolic OH excluding ortho intramolecular Hbond substituents is 1. The zero-order valence-electron chi connectivity index (χ0n) is 19.1. The third kappa shape index (κ3) is 5.15. The molecule has 0 unspecified atom stereocenters. The number of hydrogen-bond acceptors (Lipinski definition) is 5. The lowest BCUT2D eigenvalue weighted by molar-refractivity contribution is 0.00708. The number of aromatic hydroxyl groups is 1. The number of benzene rings is 3. The molecule has 0 atom stereocenters. The minimum absolute atomic E-state index is 0.0733. The van der Waals surface area contributed by atoms with Crippen LogP contribution in [0.5, 0.6) is 5.75 Å². The van der Waals surface area contributed by atoms with Crippen LogP contribution in [0.15, 0.2) is 85.5 Å². The maximum atomic E-state index is 13.1. The highest BCUT2D eigenvalue weighted by Gasteiger charge is 2.23. The molecule has 0 aliphatic rings. The Bertz CT molecular complexity index is 1320. The number of anilines is 1. The Labute approximate surface area is 197 Å². The second-order valence-corrected chi connectivity index (χ2v) is 8.75. The molecule has 0 bridgehead atoms. The van der Waals surface area contributed by atoms with Crippen molar-refractivity contribution in [3.8, 4) is 22.6 Å². The van der Waals surface area contributed by atoms with Gasteiger partial charge in [0.05, 0.1) is 28.8 Å². The van der Waals surface area contributed by atoms with Crippen LogP contribution in [0.3, 0.4) is 0 Å². The van der Waals surface area contributed by atoms with Crippen LogP contribution < -0.4 is 5.32 Å². The average Bonchev–Trinajstić information content (AvgIpc) is 3.33. The molecule has 7 heteroatoms. The summed E-state index contributed by atoms with van der Waals surface area (Å²) in [6.07, 6.45) is 4.95. The van der Waals surface area contributed by atoms with Gasteiger partial charge in [0.25, 0.3) is 5.91 Å². The molecule has 0 aliphatic heterocycles. The molecule has 7 nitrogen and oxygen atoms in total. The Balaban J connectivity index is 1.68. The molecule has 0 aliphatic carbocycles. The number of hydrogen-bond donors (Lipinski definition) is 2. The second-order valence-electron chi connectivity index (χ2n) is 8.75. The Morgan fingerprint density at radius 1 is 0.941 bits per heavy atom. The maximum Gasteiger partial charge on any atom is 0.340 e. The van der Waals surface area contributed by atoms with E-state index in [1.807, 2.05) is 36.4 Å². The van der Waals surface area contributed by atoms with Crippen molar-refractivity contribution in [2.75, 3.05) is 5.32 Å². The molecule has 0 radical (unpaired) electrons. The van der Waals surface area contributed by atoms with Crippen molar-refractivity contribution >= 4 is 17.6 Å². The highest BCUT2D eigenvalue weighted by molar-refractivity contribution is 6.10. The Kier molecular flexibility index (Phi) is 6.19. The van der Waals surface area contributed by atoms with E-state index in [1.165, 1.54) is 12.1 Å². The van der Waals surface area contributed by atoms with Crippen molar-refractivity contribution < 1.29 is 19.4 Å². The molecule has 4 rings (SSSR count). The highest BCUT2D eigenvalue weighted by Crippen LogP contribution is 2.29. The smallest absolute Gasteiger partial charge is 0.340 e. The minimum atomic E-state index is -0.697. The van der Waals surface area contributed by atoms with Crippen molar-refractivity contribution in [3.63, 3.8) is 0 Å². The van der Waals surface area contributed by atoms with E-state index < -0.39 is 17.5 Å². The first kappa shape index (κ1) is 22.8. The van der Waals surface area contributed by atoms with E-state index in [9.17, 15) is 14.7 Å². The van der Waals surface area contributed by atoms with Crippen LogP contribution in [-0.4, -0.2) is 32.1 Å². The summed E-state index contributed by atoms with van der Waals surface area (Å²) in [5.74, 6) is -1.30. The molecular weight excluding hydrogens is 430 g/mol. The quantitative estimate of drug-likeness (QED) is 0.390. The molecule has 1 heterocycles. The van der Waals surface area contributed by atoms with Crippen molar-refractivity contribution in [3.05, 3.63) is 96.6 Å². The number of amides is 1. The van der Waals surface area contributed by atoms with Crippen LogP contribution >= 0.6 is 0 Å². The van der Waals surface area contributed by atoms with Gasteiger partial charge in [0.1, 0.15) is 11.4 Å². The molecule has 1 amide bonds. The van der Waals surface area contributed by atoms with E-state index >= 15 is 0 Å². The largest absolute Gasteiger partial charge is 0.507 e. The van der Waals surface area contributed by atoms with Crippen LogP contribution in [0.2, 0.25) is 0 Å². The Morgan fingerprint density at radius 2 is 1.68 bits per heavy atom. The Hall–Kier alpha value is -4.39. The molecule has 1 aromatic heterocycles. The highest BCUT2D eigenvalue weighted by atomic mass is 16.6. The second kappa shape index (κ2) is 9.23. The first-order chi connectivity index (χ1) is 16.2. The predicted molar refractivity (Wildman–Crippen MR) is 130 cm³/mol. The van der Waals surface area contributed by atoms with Crippen LogP contribution in [0, 0.1) is 0 Å². The van der Waals surface area contributed by atoms with E-state index in [0.29, 0.717) is 11.4 Å². The number of esters is 1. The van der Waals surface area contributed by atoms with Crippen LogP contribution in [-0.2, 0) is 4.74 Å². The summed E-state index contributed by atoms with van der Waals surface area (Å²) in [6.45, 7) is 5.34. The molecule has 0 saturated carbocycles. The van der Waals surface area contributed by atoms with Gasteiger partial charge in [-0.15, -0.1) is 0 Å². The minimum Gasteiger partial charge on any atom is -0.507 e. The molecule has 2 N–H and O–H groups in total. The third-order valence-corrected chi connectivity index (χ3v) is 5.02. The van der Waals surface area contributed by atoms with E-state index in [0.717, 1.165) is 11.1 Å². The van der Waals surface area contributed by atoms with Crippen molar-refractivity contribution in [2.45, 2.75) is 26.4 Å². The van der Waals surface area contributed by atoms with Crippen LogP contribution in [0.1, 0.15) is 41.5 Å². The molecule has 0 saturated heterocycles. The van der Waals surface area contributed by atoms with E-state index in [-0.39, 0.29) is 16.9 Å². The summed E-state index contributed by atoms with van der Waals surface area (Å²) in [6, 6.07) is 19.5. The van der Waals surface area contributed by atoms with Gasteiger partial charge in [-0.3, -0.25) is 4.79 Å². The number of ether oxygens (including phenoxy) is 1. The summed E-state index contributed by atoms with van der Waals surface area (Å²) in [4.78, 5) is 29.9. The lowest BCUT2D eigenvalue weighted by Gasteiger charge is -2.21. The number of carbonyl (C=O) groups excluding carboxylic acids is 2. The fourth-order valence-electron chi connectivity index (χ4n) is 3.44. The van der Waals surface area contributed by atoms with Gasteiger partial charge in [-0.05, 0) is 56.2 Å². The first-order valence-electron chi connectivity index (χ1n) is 10.8. The van der Waals surface area contributed by atoms with Gasteiger partial charge in [0.2, 0.25) is 0 Å². The van der Waals surface area contributed by atoms with Gasteiger partial charge in [-0.25, -0.2) is 9.78 Å². The normalized spacial score (nSPS) is 11.1. The average molecular weight is 456 g/mol. The van der Waals surface area contributed by atoms with Crippen molar-refractivity contribution in [2.24, 2.45) is 0 Å². The van der Waals surface area contributed by atoms with Gasteiger partial charge < -0.3 is 19.7 Å². The number of nitrogens with zero attached hydrogens (tertiary/aromatic N) is 2. The molecule has 0 fully saturated rings. The summed E-state index contributed by atoms with van der Waals surface area (Å²) in [7, 11) is 0. The number of phenols is 1.